The minimum atomic E-state index is -0.388. The lowest BCUT2D eigenvalue weighted by molar-refractivity contribution is 0.183. The number of rotatable bonds is 5. The van der Waals surface area contributed by atoms with E-state index >= 15 is 0 Å². The second kappa shape index (κ2) is 5.84. The lowest BCUT2D eigenvalue weighted by Crippen LogP contribution is -2.20. The van der Waals surface area contributed by atoms with Crippen LogP contribution in [0, 0.1) is 0 Å². The van der Waals surface area contributed by atoms with Gasteiger partial charge in [0, 0.05) is 12.7 Å². The van der Waals surface area contributed by atoms with Crippen molar-refractivity contribution in [3.8, 4) is 0 Å². The molecule has 0 saturated heterocycles. The third-order valence-electron chi connectivity index (χ3n) is 1.85. The molecule has 0 radical (unpaired) electrons. The number of hydrogen-bond acceptors (Lipinski definition) is 6. The minimum Gasteiger partial charge on any atom is -0.391 e. The highest BCUT2D eigenvalue weighted by molar-refractivity contribution is 9.10. The highest BCUT2D eigenvalue weighted by Gasteiger charge is 2.06. The Morgan fingerprint density at radius 1 is 1.67 bits per heavy atom. The first kappa shape index (κ1) is 12.2. The van der Waals surface area contributed by atoms with Gasteiger partial charge in [0.15, 0.2) is 0 Å². The Hall–Kier alpha value is -0.920. The van der Waals surface area contributed by atoms with Crippen molar-refractivity contribution in [1.29, 1.82) is 0 Å². The number of nitrogens with one attached hydrogen (secondary N) is 2. The summed E-state index contributed by atoms with van der Waals surface area (Å²) in [7, 11) is 0. The van der Waals surface area contributed by atoms with E-state index in [1.54, 1.807) is 6.20 Å². The van der Waals surface area contributed by atoms with Crippen LogP contribution in [0.1, 0.15) is 13.3 Å². The zero-order chi connectivity index (χ0) is 11.3. The van der Waals surface area contributed by atoms with Crippen LogP contribution in [0.25, 0.3) is 0 Å². The van der Waals surface area contributed by atoms with Crippen molar-refractivity contribution in [3.05, 3.63) is 10.7 Å². The largest absolute Gasteiger partial charge is 0.391 e. The Kier molecular flexibility index (Phi) is 4.73. The molecule has 0 aliphatic carbocycles. The summed E-state index contributed by atoms with van der Waals surface area (Å²) in [6.45, 7) is 2.35. The maximum atomic E-state index is 9.38. The van der Waals surface area contributed by atoms with Gasteiger partial charge in [0.1, 0.15) is 5.82 Å². The SMILES string of the molecule is CCC(O)CNc1nc(NN)ncc1Br. The van der Waals surface area contributed by atoms with E-state index in [0.29, 0.717) is 24.7 Å². The van der Waals surface area contributed by atoms with Gasteiger partial charge in [-0.3, -0.25) is 5.43 Å². The first-order chi connectivity index (χ1) is 7.17. The Bertz CT molecular complexity index is 322. The van der Waals surface area contributed by atoms with Crippen molar-refractivity contribution in [1.82, 2.24) is 9.97 Å². The van der Waals surface area contributed by atoms with Crippen LogP contribution in [-0.2, 0) is 0 Å². The van der Waals surface area contributed by atoms with Crippen LogP contribution in [-0.4, -0.2) is 27.7 Å². The molecule has 0 amide bonds. The summed E-state index contributed by atoms with van der Waals surface area (Å²) in [4.78, 5) is 7.99. The van der Waals surface area contributed by atoms with Gasteiger partial charge in [-0.05, 0) is 22.4 Å². The van der Waals surface area contributed by atoms with Crippen LogP contribution in [0.2, 0.25) is 0 Å². The van der Waals surface area contributed by atoms with Gasteiger partial charge < -0.3 is 10.4 Å². The molecule has 84 valence electrons. The van der Waals surface area contributed by atoms with Crippen LogP contribution in [0.15, 0.2) is 10.7 Å². The molecule has 0 fully saturated rings. The van der Waals surface area contributed by atoms with E-state index in [-0.39, 0.29) is 6.10 Å². The summed E-state index contributed by atoms with van der Waals surface area (Å²) in [6.07, 6.45) is 1.89. The first-order valence-corrected chi connectivity index (χ1v) is 5.37. The van der Waals surface area contributed by atoms with Crippen LogP contribution in [0.5, 0.6) is 0 Å². The van der Waals surface area contributed by atoms with Gasteiger partial charge in [0.25, 0.3) is 0 Å². The number of hydrogen-bond donors (Lipinski definition) is 4. The van der Waals surface area contributed by atoms with Crippen molar-refractivity contribution >= 4 is 27.7 Å². The normalized spacial score (nSPS) is 12.3. The summed E-state index contributed by atoms with van der Waals surface area (Å²) < 4.78 is 0.727. The molecule has 0 aliphatic rings. The fourth-order valence-electron chi connectivity index (χ4n) is 0.919. The number of hydrazine groups is 1. The fraction of sp³-hybridized carbons (Fsp3) is 0.500. The molecule has 1 heterocycles. The van der Waals surface area contributed by atoms with Gasteiger partial charge in [-0.15, -0.1) is 0 Å². The van der Waals surface area contributed by atoms with Gasteiger partial charge >= 0.3 is 0 Å². The fourth-order valence-corrected chi connectivity index (χ4v) is 1.25. The number of nitrogen functional groups attached to an aromatic ring is 1. The Morgan fingerprint density at radius 2 is 2.40 bits per heavy atom. The number of halogens is 1. The standard InChI is InChI=1S/C8H14BrN5O/c1-2-5(15)3-11-7-6(9)4-12-8(13-7)14-10/h4-5,15H,2-3,10H2,1H3,(H2,11,12,13,14). The molecule has 5 N–H and O–H groups in total. The molecular formula is C8H14BrN5O. The van der Waals surface area contributed by atoms with Gasteiger partial charge in [0.05, 0.1) is 10.6 Å². The maximum absolute atomic E-state index is 9.38. The van der Waals surface area contributed by atoms with Crippen LogP contribution >= 0.6 is 15.9 Å². The van der Waals surface area contributed by atoms with E-state index in [4.69, 9.17) is 5.84 Å². The van der Waals surface area contributed by atoms with E-state index in [2.05, 4.69) is 36.6 Å². The molecule has 0 aliphatic heterocycles. The molecule has 1 rings (SSSR count). The third-order valence-corrected chi connectivity index (χ3v) is 2.43. The van der Waals surface area contributed by atoms with Crippen molar-refractivity contribution in [3.63, 3.8) is 0 Å². The van der Waals surface area contributed by atoms with E-state index in [9.17, 15) is 5.11 Å². The number of anilines is 2. The first-order valence-electron chi connectivity index (χ1n) is 4.58. The highest BCUT2D eigenvalue weighted by Crippen LogP contribution is 2.19. The average molecular weight is 276 g/mol. The highest BCUT2D eigenvalue weighted by atomic mass is 79.9. The maximum Gasteiger partial charge on any atom is 0.239 e. The van der Waals surface area contributed by atoms with Gasteiger partial charge in [-0.25, -0.2) is 10.8 Å². The van der Waals surface area contributed by atoms with E-state index in [0.717, 1.165) is 4.47 Å². The smallest absolute Gasteiger partial charge is 0.239 e. The molecule has 1 aromatic rings. The second-order valence-corrected chi connectivity index (χ2v) is 3.83. The Balaban J connectivity index is 2.66. The predicted octanol–water partition coefficient (Wildman–Crippen LogP) is 0.708. The molecule has 15 heavy (non-hydrogen) atoms. The monoisotopic (exact) mass is 275 g/mol. The molecular weight excluding hydrogens is 262 g/mol. The zero-order valence-electron chi connectivity index (χ0n) is 8.37. The third kappa shape index (κ3) is 3.61. The summed E-state index contributed by atoms with van der Waals surface area (Å²) >= 11 is 3.29. The van der Waals surface area contributed by atoms with Crippen molar-refractivity contribution in [2.24, 2.45) is 5.84 Å². The van der Waals surface area contributed by atoms with Crippen molar-refractivity contribution < 1.29 is 5.11 Å². The van der Waals surface area contributed by atoms with Crippen molar-refractivity contribution in [2.75, 3.05) is 17.3 Å². The molecule has 0 aromatic carbocycles. The molecule has 0 spiro atoms. The van der Waals surface area contributed by atoms with Gasteiger partial charge in [-0.1, -0.05) is 6.92 Å². The number of aliphatic hydroxyl groups is 1. The average Bonchev–Trinajstić information content (AvgIpc) is 2.27. The van der Waals surface area contributed by atoms with Crippen molar-refractivity contribution in [2.45, 2.75) is 19.4 Å². The van der Waals surface area contributed by atoms with Crippen LogP contribution in [0.3, 0.4) is 0 Å². The number of aromatic nitrogens is 2. The summed E-state index contributed by atoms with van der Waals surface area (Å²) in [5.41, 5.74) is 2.35. The predicted molar refractivity (Wildman–Crippen MR) is 62.3 cm³/mol. The summed E-state index contributed by atoms with van der Waals surface area (Å²) in [6, 6.07) is 0. The molecule has 0 saturated carbocycles. The molecule has 1 aromatic heterocycles. The quantitative estimate of drug-likeness (QED) is 0.467. The molecule has 0 bridgehead atoms. The molecule has 6 nitrogen and oxygen atoms in total. The van der Waals surface area contributed by atoms with E-state index in [1.807, 2.05) is 6.92 Å². The molecule has 7 heteroatoms. The molecule has 1 atom stereocenters. The van der Waals surface area contributed by atoms with Crippen LogP contribution in [0.4, 0.5) is 11.8 Å². The summed E-state index contributed by atoms with van der Waals surface area (Å²) in [5.74, 6) is 6.11. The van der Waals surface area contributed by atoms with Gasteiger partial charge in [-0.2, -0.15) is 4.98 Å². The Labute approximate surface area is 96.4 Å². The van der Waals surface area contributed by atoms with E-state index in [1.165, 1.54) is 0 Å². The van der Waals surface area contributed by atoms with Gasteiger partial charge in [0.2, 0.25) is 5.95 Å². The number of nitrogens with two attached hydrogens (primary N) is 1. The zero-order valence-corrected chi connectivity index (χ0v) is 9.95. The lowest BCUT2D eigenvalue weighted by Gasteiger charge is -2.11. The number of aliphatic hydroxyl groups excluding tert-OH is 1. The summed E-state index contributed by atoms with van der Waals surface area (Å²) in [5, 5.41) is 12.4. The number of nitrogens with zero attached hydrogens (tertiary/aromatic N) is 2. The Morgan fingerprint density at radius 3 is 3.00 bits per heavy atom. The topological polar surface area (TPSA) is 96.1 Å². The van der Waals surface area contributed by atoms with E-state index < -0.39 is 0 Å². The molecule has 1 unspecified atom stereocenters. The lowest BCUT2D eigenvalue weighted by atomic mass is 10.3. The minimum absolute atomic E-state index is 0.326. The van der Waals surface area contributed by atoms with Crippen LogP contribution < -0.4 is 16.6 Å². The second-order valence-electron chi connectivity index (χ2n) is 2.98.